The van der Waals surface area contributed by atoms with E-state index in [2.05, 4.69) is 0 Å². The van der Waals surface area contributed by atoms with E-state index in [1.54, 1.807) is 7.11 Å². The molecule has 0 bridgehead atoms. The van der Waals surface area contributed by atoms with E-state index in [9.17, 15) is 5.11 Å². The largest absolute Gasteiger partial charge is 0.497 e. The van der Waals surface area contributed by atoms with E-state index < -0.39 is 37.0 Å². The average Bonchev–Trinajstić information content (AvgIpc) is 2.79. The lowest BCUT2D eigenvalue weighted by atomic mass is 9.97. The molecule has 7 heteroatoms. The third-order valence-electron chi connectivity index (χ3n) is 5.21. The van der Waals surface area contributed by atoms with Crippen molar-refractivity contribution in [3.05, 3.63) is 65.7 Å². The Morgan fingerprint density at radius 1 is 1.00 bits per heavy atom. The summed E-state index contributed by atoms with van der Waals surface area (Å²) in [5.41, 5.74) is 1.84. The third-order valence-corrected chi connectivity index (χ3v) is 5.21. The highest BCUT2D eigenvalue weighted by Crippen LogP contribution is 2.35. The van der Waals surface area contributed by atoms with Crippen LogP contribution in [0.1, 0.15) is 17.4 Å². The van der Waals surface area contributed by atoms with Gasteiger partial charge in [0.15, 0.2) is 12.6 Å². The lowest BCUT2D eigenvalue weighted by Gasteiger charge is -2.47. The van der Waals surface area contributed by atoms with Crippen molar-refractivity contribution < 1.29 is 33.5 Å². The van der Waals surface area contributed by atoms with Gasteiger partial charge in [-0.15, -0.1) is 0 Å². The van der Waals surface area contributed by atoms with Gasteiger partial charge in [-0.3, -0.25) is 0 Å². The van der Waals surface area contributed by atoms with Gasteiger partial charge in [0.2, 0.25) is 0 Å². The van der Waals surface area contributed by atoms with Crippen molar-refractivity contribution in [3.63, 3.8) is 0 Å². The molecule has 2 saturated heterocycles. The zero-order valence-electron chi connectivity index (χ0n) is 16.5. The van der Waals surface area contributed by atoms with Crippen LogP contribution in [0.15, 0.2) is 54.6 Å². The Balaban J connectivity index is 1.45. The van der Waals surface area contributed by atoms with E-state index in [0.717, 1.165) is 16.9 Å². The molecular formula is C22H26O7. The van der Waals surface area contributed by atoms with Crippen molar-refractivity contribution in [2.24, 2.45) is 0 Å². The minimum Gasteiger partial charge on any atom is -0.497 e. The summed E-state index contributed by atoms with van der Waals surface area (Å²) in [4.78, 5) is 0. The molecule has 0 radical (unpaired) electrons. The van der Waals surface area contributed by atoms with Crippen molar-refractivity contribution >= 4 is 0 Å². The summed E-state index contributed by atoms with van der Waals surface area (Å²) in [7, 11) is 3.14. The number of aliphatic hydroxyl groups excluding tert-OH is 1. The first-order chi connectivity index (χ1) is 14.2. The zero-order valence-corrected chi connectivity index (χ0v) is 16.5. The van der Waals surface area contributed by atoms with Gasteiger partial charge in [-0.1, -0.05) is 42.5 Å². The highest BCUT2D eigenvalue weighted by Gasteiger charge is 2.50. The Morgan fingerprint density at radius 2 is 1.76 bits per heavy atom. The maximum absolute atomic E-state index is 11.0. The summed E-state index contributed by atoms with van der Waals surface area (Å²) in [6.07, 6.45) is -3.96. The van der Waals surface area contributed by atoms with Crippen LogP contribution in [-0.2, 0) is 30.3 Å². The van der Waals surface area contributed by atoms with Crippen LogP contribution in [-0.4, -0.2) is 56.6 Å². The van der Waals surface area contributed by atoms with Crippen molar-refractivity contribution in [2.75, 3.05) is 20.8 Å². The topological polar surface area (TPSA) is 75.6 Å². The van der Waals surface area contributed by atoms with E-state index in [-0.39, 0.29) is 6.61 Å². The molecule has 4 rings (SSSR count). The van der Waals surface area contributed by atoms with Gasteiger partial charge in [0, 0.05) is 12.7 Å². The van der Waals surface area contributed by atoms with Gasteiger partial charge >= 0.3 is 0 Å². The Morgan fingerprint density at radius 3 is 2.45 bits per heavy atom. The van der Waals surface area contributed by atoms with Crippen LogP contribution in [0, 0.1) is 0 Å². The summed E-state index contributed by atoms with van der Waals surface area (Å²) in [6.45, 7) is 0.616. The van der Waals surface area contributed by atoms with Crippen LogP contribution in [0.25, 0.3) is 0 Å². The van der Waals surface area contributed by atoms with Gasteiger partial charge < -0.3 is 33.5 Å². The molecule has 2 aromatic rings. The number of ether oxygens (including phenoxy) is 6. The fraction of sp³-hybridized carbons (Fsp3) is 0.455. The van der Waals surface area contributed by atoms with Gasteiger partial charge in [-0.2, -0.15) is 0 Å². The predicted octanol–water partition coefficient (Wildman–Crippen LogP) is 2.43. The van der Waals surface area contributed by atoms with E-state index in [1.807, 2.05) is 54.6 Å². The first-order valence-electron chi connectivity index (χ1n) is 9.62. The van der Waals surface area contributed by atoms with Crippen LogP contribution in [0.3, 0.4) is 0 Å². The number of aliphatic hydroxyl groups is 1. The molecule has 2 aliphatic heterocycles. The lowest BCUT2D eigenvalue weighted by Crippen LogP contribution is -2.62. The van der Waals surface area contributed by atoms with E-state index >= 15 is 0 Å². The van der Waals surface area contributed by atoms with Crippen LogP contribution in [0.2, 0.25) is 0 Å². The Bertz CT molecular complexity index is 766. The molecular weight excluding hydrogens is 376 g/mol. The summed E-state index contributed by atoms with van der Waals surface area (Å²) < 4.78 is 34.4. The number of hydrogen-bond donors (Lipinski definition) is 1. The number of rotatable bonds is 6. The summed E-state index contributed by atoms with van der Waals surface area (Å²) >= 11 is 0. The second-order valence-corrected chi connectivity index (χ2v) is 7.07. The first kappa shape index (κ1) is 20.3. The molecule has 2 heterocycles. The summed E-state index contributed by atoms with van der Waals surface area (Å²) in [5, 5.41) is 11.0. The second-order valence-electron chi connectivity index (χ2n) is 7.07. The van der Waals surface area contributed by atoms with E-state index in [0.29, 0.717) is 6.61 Å². The average molecular weight is 402 g/mol. The van der Waals surface area contributed by atoms with E-state index in [1.165, 1.54) is 7.11 Å². The SMILES string of the molecule is COc1ccc([C@@H]2OC[C@@H]3O[C@H](OC)[C@H](OCc4ccccc4)[C@H](O)[C@H]3O2)cc1. The molecule has 2 aliphatic rings. The Labute approximate surface area is 170 Å². The van der Waals surface area contributed by atoms with Gasteiger partial charge in [-0.25, -0.2) is 0 Å². The van der Waals surface area contributed by atoms with Crippen LogP contribution >= 0.6 is 0 Å². The molecule has 1 N–H and O–H groups in total. The molecule has 0 unspecified atom stereocenters. The van der Waals surface area contributed by atoms with Gasteiger partial charge in [-0.05, 0) is 17.7 Å². The monoisotopic (exact) mass is 402 g/mol. The highest BCUT2D eigenvalue weighted by molar-refractivity contribution is 5.28. The molecule has 0 aromatic heterocycles. The summed E-state index contributed by atoms with van der Waals surface area (Å²) in [5.74, 6) is 0.751. The number of hydrogen-bond acceptors (Lipinski definition) is 7. The molecule has 0 aliphatic carbocycles. The van der Waals surface area contributed by atoms with E-state index in [4.69, 9.17) is 28.4 Å². The second kappa shape index (κ2) is 9.21. The summed E-state index contributed by atoms with van der Waals surface area (Å²) in [6, 6.07) is 17.2. The highest BCUT2D eigenvalue weighted by atomic mass is 16.8. The number of methoxy groups -OCH3 is 2. The fourth-order valence-corrected chi connectivity index (χ4v) is 3.63. The minimum absolute atomic E-state index is 0.281. The molecule has 7 nitrogen and oxygen atoms in total. The molecule has 29 heavy (non-hydrogen) atoms. The molecule has 2 fully saturated rings. The van der Waals surface area contributed by atoms with Crippen molar-refractivity contribution in [1.29, 1.82) is 0 Å². The molecule has 156 valence electrons. The molecule has 2 aromatic carbocycles. The standard InChI is InChI=1S/C22H26O7/c1-24-16-10-8-15(9-11-16)21-27-13-17-19(29-21)18(23)20(22(25-2)28-17)26-12-14-6-4-3-5-7-14/h3-11,17-23H,12-13H2,1-2H3/t17-,18+,19-,20+,21+,22-/m0/s1. The van der Waals surface area contributed by atoms with Gasteiger partial charge in [0.25, 0.3) is 0 Å². The third kappa shape index (κ3) is 4.45. The first-order valence-corrected chi connectivity index (χ1v) is 9.62. The Kier molecular flexibility index (Phi) is 6.44. The van der Waals surface area contributed by atoms with Crippen LogP contribution in [0.4, 0.5) is 0 Å². The lowest BCUT2D eigenvalue weighted by molar-refractivity contribution is -0.363. The van der Waals surface area contributed by atoms with Crippen molar-refractivity contribution in [1.82, 2.24) is 0 Å². The van der Waals surface area contributed by atoms with Gasteiger partial charge in [0.05, 0.1) is 20.3 Å². The molecule has 0 amide bonds. The smallest absolute Gasteiger partial charge is 0.186 e. The van der Waals surface area contributed by atoms with Gasteiger partial charge in [0.1, 0.15) is 30.2 Å². The molecule has 6 atom stereocenters. The maximum Gasteiger partial charge on any atom is 0.186 e. The zero-order chi connectivity index (χ0) is 20.2. The Hall–Kier alpha value is -2.00. The van der Waals surface area contributed by atoms with Crippen LogP contribution in [0.5, 0.6) is 5.75 Å². The quantitative estimate of drug-likeness (QED) is 0.795. The normalized spacial score (nSPS) is 31.8. The maximum atomic E-state index is 11.0. The predicted molar refractivity (Wildman–Crippen MR) is 103 cm³/mol. The molecule has 0 spiro atoms. The fourth-order valence-electron chi connectivity index (χ4n) is 3.63. The number of fused-ring (bicyclic) bond motifs is 1. The van der Waals surface area contributed by atoms with Crippen LogP contribution < -0.4 is 4.74 Å². The molecule has 0 saturated carbocycles. The van der Waals surface area contributed by atoms with Crippen molar-refractivity contribution in [2.45, 2.75) is 43.6 Å². The van der Waals surface area contributed by atoms with Crippen molar-refractivity contribution in [3.8, 4) is 5.75 Å². The minimum atomic E-state index is -0.924. The number of benzene rings is 2.